The Morgan fingerprint density at radius 1 is 1.10 bits per heavy atom. The van der Waals surface area contributed by atoms with Crippen molar-refractivity contribution in [1.82, 2.24) is 4.72 Å². The first-order valence-corrected chi connectivity index (χ1v) is 11.0. The number of methoxy groups -OCH3 is 2. The summed E-state index contributed by atoms with van der Waals surface area (Å²) in [5.74, 6) is -0.0364. The number of sulfonamides is 1. The lowest BCUT2D eigenvalue weighted by Crippen LogP contribution is -2.26. The summed E-state index contributed by atoms with van der Waals surface area (Å²) in [7, 11) is -0.789. The predicted molar refractivity (Wildman–Crippen MR) is 115 cm³/mol. The van der Waals surface area contributed by atoms with Gasteiger partial charge >= 0.3 is 5.97 Å². The van der Waals surface area contributed by atoms with Gasteiger partial charge in [-0.25, -0.2) is 17.9 Å². The first-order valence-electron chi connectivity index (χ1n) is 9.56. The number of nitrogens with one attached hydrogen (secondary N) is 2. The Bertz CT molecular complexity index is 991. The monoisotopic (exact) mass is 436 g/mol. The second-order valence-corrected chi connectivity index (χ2v) is 8.57. The largest absolute Gasteiger partial charge is 0.493 e. The molecule has 0 aliphatic carbocycles. The highest BCUT2D eigenvalue weighted by Crippen LogP contribution is 2.27. The summed E-state index contributed by atoms with van der Waals surface area (Å²) in [4.78, 5) is 11.5. The molecule has 0 amide bonds. The smallest absolute Gasteiger partial charge is 0.337 e. The number of hydrogen-bond acceptors (Lipinski definition) is 6. The maximum atomic E-state index is 12.6. The minimum Gasteiger partial charge on any atom is -0.493 e. The molecule has 0 fully saturated rings. The summed E-state index contributed by atoms with van der Waals surface area (Å²) in [6.07, 6.45) is 1.23. The molecule has 0 saturated heterocycles. The average molecular weight is 437 g/mol. The van der Waals surface area contributed by atoms with Crippen LogP contribution in [0.25, 0.3) is 0 Å². The molecule has 1 unspecified atom stereocenters. The third kappa shape index (κ3) is 5.87. The van der Waals surface area contributed by atoms with Crippen LogP contribution in [-0.4, -0.2) is 46.3 Å². The summed E-state index contributed by atoms with van der Waals surface area (Å²) in [6, 6.07) is 9.48. The van der Waals surface area contributed by atoms with E-state index < -0.39 is 16.0 Å². The highest BCUT2D eigenvalue weighted by Gasteiger charge is 2.19. The molecule has 0 bridgehead atoms. The van der Waals surface area contributed by atoms with Crippen LogP contribution in [0.5, 0.6) is 11.5 Å². The molecular formula is C21H28N2O6S. The summed E-state index contributed by atoms with van der Waals surface area (Å²) < 4.78 is 38.2. The SMILES string of the molecule is CCC(C)Nc1ccc(S(=O)(=O)NCCc2ccc(OC)c(OC)c2)cc1C(=O)O. The summed E-state index contributed by atoms with van der Waals surface area (Å²) >= 11 is 0. The molecule has 0 heterocycles. The highest BCUT2D eigenvalue weighted by molar-refractivity contribution is 7.89. The van der Waals surface area contributed by atoms with E-state index in [0.717, 1.165) is 12.0 Å². The molecule has 0 aliphatic rings. The maximum absolute atomic E-state index is 12.6. The number of carboxylic acid groups (broad SMARTS) is 1. The molecule has 2 aromatic carbocycles. The lowest BCUT2D eigenvalue weighted by atomic mass is 10.1. The quantitative estimate of drug-likeness (QED) is 0.496. The van der Waals surface area contributed by atoms with Crippen molar-refractivity contribution in [3.8, 4) is 11.5 Å². The standard InChI is InChI=1S/C21H28N2O6S/c1-5-14(2)23-18-8-7-16(13-17(18)21(24)25)30(26,27)22-11-10-15-6-9-19(28-3)20(12-15)29-4/h6-9,12-14,22-23H,5,10-11H2,1-4H3,(H,24,25). The highest BCUT2D eigenvalue weighted by atomic mass is 32.2. The predicted octanol–water partition coefficient (Wildman–Crippen LogP) is 3.13. The van der Waals surface area contributed by atoms with Gasteiger partial charge in [-0.3, -0.25) is 0 Å². The zero-order chi connectivity index (χ0) is 22.3. The topological polar surface area (TPSA) is 114 Å². The number of carbonyl (C=O) groups is 1. The Hall–Kier alpha value is -2.78. The first-order chi connectivity index (χ1) is 14.2. The van der Waals surface area contributed by atoms with Gasteiger partial charge in [0.1, 0.15) is 0 Å². The average Bonchev–Trinajstić information content (AvgIpc) is 2.73. The van der Waals surface area contributed by atoms with E-state index in [2.05, 4.69) is 10.0 Å². The van der Waals surface area contributed by atoms with Gasteiger partial charge in [-0.15, -0.1) is 0 Å². The number of ether oxygens (including phenoxy) is 2. The van der Waals surface area contributed by atoms with E-state index in [9.17, 15) is 18.3 Å². The van der Waals surface area contributed by atoms with Crippen LogP contribution in [0.2, 0.25) is 0 Å². The van der Waals surface area contributed by atoms with Crippen LogP contribution in [-0.2, 0) is 16.4 Å². The minimum absolute atomic E-state index is 0.0603. The fraction of sp³-hybridized carbons (Fsp3) is 0.381. The molecule has 0 aliphatic heterocycles. The number of anilines is 1. The van der Waals surface area contributed by atoms with Crippen LogP contribution in [0.4, 0.5) is 5.69 Å². The van der Waals surface area contributed by atoms with E-state index in [1.165, 1.54) is 25.3 Å². The van der Waals surface area contributed by atoms with Crippen molar-refractivity contribution >= 4 is 21.7 Å². The third-order valence-corrected chi connectivity index (χ3v) is 6.16. The molecule has 2 aromatic rings. The molecule has 3 N–H and O–H groups in total. The molecular weight excluding hydrogens is 408 g/mol. The molecule has 0 spiro atoms. The molecule has 164 valence electrons. The van der Waals surface area contributed by atoms with Gasteiger partial charge in [0.15, 0.2) is 11.5 Å². The summed E-state index contributed by atoms with van der Waals surface area (Å²) in [5, 5.41) is 12.6. The lowest BCUT2D eigenvalue weighted by Gasteiger charge is -2.16. The van der Waals surface area contributed by atoms with Gasteiger partial charge in [0.2, 0.25) is 10.0 Å². The normalized spacial score (nSPS) is 12.3. The second kappa shape index (κ2) is 10.3. The number of rotatable bonds is 11. The van der Waals surface area contributed by atoms with Gasteiger partial charge < -0.3 is 19.9 Å². The van der Waals surface area contributed by atoms with Gasteiger partial charge in [0.05, 0.1) is 24.7 Å². The van der Waals surface area contributed by atoms with Gasteiger partial charge in [0, 0.05) is 18.3 Å². The van der Waals surface area contributed by atoms with Gasteiger partial charge in [-0.1, -0.05) is 13.0 Å². The zero-order valence-electron chi connectivity index (χ0n) is 17.6. The number of benzene rings is 2. The van der Waals surface area contributed by atoms with Crippen molar-refractivity contribution in [2.24, 2.45) is 0 Å². The van der Waals surface area contributed by atoms with Crippen molar-refractivity contribution in [3.63, 3.8) is 0 Å². The first kappa shape index (κ1) is 23.5. The number of hydrogen-bond donors (Lipinski definition) is 3. The summed E-state index contributed by atoms with van der Waals surface area (Å²) in [5.41, 5.74) is 1.17. The Morgan fingerprint density at radius 3 is 2.40 bits per heavy atom. The van der Waals surface area contributed by atoms with Crippen LogP contribution in [0.1, 0.15) is 36.2 Å². The van der Waals surface area contributed by atoms with Crippen molar-refractivity contribution in [2.75, 3.05) is 26.1 Å². The number of aromatic carboxylic acids is 1. The lowest BCUT2D eigenvalue weighted by molar-refractivity contribution is 0.0697. The number of carboxylic acids is 1. The molecule has 0 aromatic heterocycles. The molecule has 0 radical (unpaired) electrons. The van der Waals surface area contributed by atoms with E-state index >= 15 is 0 Å². The molecule has 30 heavy (non-hydrogen) atoms. The van der Waals surface area contributed by atoms with Crippen LogP contribution in [0.15, 0.2) is 41.3 Å². The minimum atomic E-state index is -3.86. The maximum Gasteiger partial charge on any atom is 0.337 e. The molecule has 1 atom stereocenters. The zero-order valence-corrected chi connectivity index (χ0v) is 18.4. The molecule has 8 nitrogen and oxygen atoms in total. The van der Waals surface area contributed by atoms with E-state index in [0.29, 0.717) is 23.6 Å². The molecule has 9 heteroatoms. The Morgan fingerprint density at radius 2 is 1.80 bits per heavy atom. The fourth-order valence-electron chi connectivity index (χ4n) is 2.81. The van der Waals surface area contributed by atoms with Crippen LogP contribution < -0.4 is 19.5 Å². The van der Waals surface area contributed by atoms with Crippen LogP contribution >= 0.6 is 0 Å². The van der Waals surface area contributed by atoms with E-state index in [-0.39, 0.29) is 23.0 Å². The van der Waals surface area contributed by atoms with E-state index in [4.69, 9.17) is 9.47 Å². The van der Waals surface area contributed by atoms with E-state index in [1.807, 2.05) is 19.9 Å². The molecule has 0 saturated carbocycles. The van der Waals surface area contributed by atoms with Gasteiger partial charge in [0.25, 0.3) is 0 Å². The summed E-state index contributed by atoms with van der Waals surface area (Å²) in [6.45, 7) is 4.04. The van der Waals surface area contributed by atoms with Crippen LogP contribution in [0, 0.1) is 0 Å². The van der Waals surface area contributed by atoms with Gasteiger partial charge in [-0.2, -0.15) is 0 Å². The van der Waals surface area contributed by atoms with Gasteiger partial charge in [-0.05, 0) is 55.7 Å². The van der Waals surface area contributed by atoms with Crippen molar-refractivity contribution in [3.05, 3.63) is 47.5 Å². The van der Waals surface area contributed by atoms with Crippen molar-refractivity contribution in [2.45, 2.75) is 37.6 Å². The Kier molecular flexibility index (Phi) is 8.08. The fourth-order valence-corrected chi connectivity index (χ4v) is 3.87. The van der Waals surface area contributed by atoms with Crippen molar-refractivity contribution in [1.29, 1.82) is 0 Å². The Labute approximate surface area is 177 Å². The Balaban J connectivity index is 2.13. The second-order valence-electron chi connectivity index (χ2n) is 6.80. The van der Waals surface area contributed by atoms with Crippen molar-refractivity contribution < 1.29 is 27.8 Å². The van der Waals surface area contributed by atoms with Crippen LogP contribution in [0.3, 0.4) is 0 Å². The van der Waals surface area contributed by atoms with E-state index in [1.54, 1.807) is 19.2 Å². The molecule has 2 rings (SSSR count). The third-order valence-electron chi connectivity index (χ3n) is 4.70.